The SMILES string of the molecule is Cc1[nH]nc(NS(=O)(=O)CC(C)c2ccccc2)c1N. The molecule has 0 aliphatic rings. The van der Waals surface area contributed by atoms with Crippen LogP contribution in [-0.4, -0.2) is 24.4 Å². The molecule has 1 aromatic carbocycles. The number of hydrogen-bond donors (Lipinski definition) is 3. The summed E-state index contributed by atoms with van der Waals surface area (Å²) in [5.74, 6) is 0.0141. The normalized spacial score (nSPS) is 13.1. The number of nitrogens with one attached hydrogen (secondary N) is 2. The average Bonchev–Trinajstić information content (AvgIpc) is 2.71. The van der Waals surface area contributed by atoms with Gasteiger partial charge in [0.1, 0.15) is 0 Å². The number of hydrogen-bond acceptors (Lipinski definition) is 4. The molecule has 0 saturated heterocycles. The Labute approximate surface area is 118 Å². The third kappa shape index (κ3) is 3.30. The molecule has 1 atom stereocenters. The molecule has 108 valence electrons. The van der Waals surface area contributed by atoms with Crippen LogP contribution in [0.2, 0.25) is 0 Å². The highest BCUT2D eigenvalue weighted by molar-refractivity contribution is 7.92. The molecule has 0 aliphatic carbocycles. The molecule has 0 aliphatic heterocycles. The molecule has 1 heterocycles. The lowest BCUT2D eigenvalue weighted by molar-refractivity contribution is 0.595. The number of rotatable bonds is 5. The summed E-state index contributed by atoms with van der Waals surface area (Å²) in [6, 6.07) is 9.50. The van der Waals surface area contributed by atoms with E-state index in [-0.39, 0.29) is 17.5 Å². The Kier molecular flexibility index (Phi) is 3.99. The van der Waals surface area contributed by atoms with Crippen LogP contribution in [0.25, 0.3) is 0 Å². The molecule has 4 N–H and O–H groups in total. The lowest BCUT2D eigenvalue weighted by atomic mass is 10.0. The van der Waals surface area contributed by atoms with Crippen LogP contribution in [0.1, 0.15) is 24.1 Å². The van der Waals surface area contributed by atoms with E-state index in [0.29, 0.717) is 11.4 Å². The molecule has 0 fully saturated rings. The standard InChI is InChI=1S/C13H18N4O2S/c1-9(11-6-4-3-5-7-11)8-20(18,19)17-13-12(14)10(2)15-16-13/h3-7,9H,8,14H2,1-2H3,(H2,15,16,17). The van der Waals surface area contributed by atoms with Crippen molar-refractivity contribution in [1.82, 2.24) is 10.2 Å². The van der Waals surface area contributed by atoms with Gasteiger partial charge in [-0.1, -0.05) is 37.3 Å². The molecule has 0 spiro atoms. The Balaban J connectivity index is 2.10. The van der Waals surface area contributed by atoms with Gasteiger partial charge in [0.15, 0.2) is 5.82 Å². The van der Waals surface area contributed by atoms with Crippen molar-refractivity contribution in [3.8, 4) is 0 Å². The third-order valence-electron chi connectivity index (χ3n) is 3.08. The van der Waals surface area contributed by atoms with Gasteiger partial charge in [0.25, 0.3) is 0 Å². The number of H-pyrrole nitrogens is 1. The summed E-state index contributed by atoms with van der Waals surface area (Å²) in [6.45, 7) is 3.60. The van der Waals surface area contributed by atoms with E-state index >= 15 is 0 Å². The summed E-state index contributed by atoms with van der Waals surface area (Å²) in [4.78, 5) is 0. The maximum Gasteiger partial charge on any atom is 0.234 e. The number of aryl methyl sites for hydroxylation is 1. The van der Waals surface area contributed by atoms with Gasteiger partial charge >= 0.3 is 0 Å². The molecule has 0 saturated carbocycles. The molecule has 0 radical (unpaired) electrons. The second-order valence-electron chi connectivity index (χ2n) is 4.81. The van der Waals surface area contributed by atoms with E-state index in [1.807, 2.05) is 37.3 Å². The molecule has 1 unspecified atom stereocenters. The van der Waals surface area contributed by atoms with E-state index in [2.05, 4.69) is 14.9 Å². The summed E-state index contributed by atoms with van der Waals surface area (Å²) >= 11 is 0. The Hall–Kier alpha value is -2.02. The van der Waals surface area contributed by atoms with Crippen LogP contribution >= 0.6 is 0 Å². The predicted molar refractivity (Wildman–Crippen MR) is 80.0 cm³/mol. The van der Waals surface area contributed by atoms with Gasteiger partial charge in [0, 0.05) is 0 Å². The summed E-state index contributed by atoms with van der Waals surface area (Å²) in [7, 11) is -3.50. The zero-order valence-electron chi connectivity index (χ0n) is 11.4. The first-order valence-electron chi connectivity index (χ1n) is 6.25. The fourth-order valence-corrected chi connectivity index (χ4v) is 3.30. The van der Waals surface area contributed by atoms with Crippen LogP contribution in [0.4, 0.5) is 11.5 Å². The molecular weight excluding hydrogens is 276 g/mol. The lowest BCUT2D eigenvalue weighted by Crippen LogP contribution is -2.21. The highest BCUT2D eigenvalue weighted by atomic mass is 32.2. The van der Waals surface area contributed by atoms with Gasteiger partial charge in [0.2, 0.25) is 10.0 Å². The molecule has 6 nitrogen and oxygen atoms in total. The van der Waals surface area contributed by atoms with E-state index in [0.717, 1.165) is 5.56 Å². The molecule has 20 heavy (non-hydrogen) atoms. The molecule has 7 heteroatoms. The van der Waals surface area contributed by atoms with Crippen LogP contribution < -0.4 is 10.5 Å². The highest BCUT2D eigenvalue weighted by Crippen LogP contribution is 2.22. The summed E-state index contributed by atoms with van der Waals surface area (Å²) in [6.07, 6.45) is 0. The van der Waals surface area contributed by atoms with Gasteiger partial charge < -0.3 is 5.73 Å². The lowest BCUT2D eigenvalue weighted by Gasteiger charge is -2.13. The van der Waals surface area contributed by atoms with Gasteiger partial charge in [0.05, 0.1) is 17.1 Å². The topological polar surface area (TPSA) is 101 Å². The zero-order chi connectivity index (χ0) is 14.8. The Morgan fingerprint density at radius 2 is 2.00 bits per heavy atom. The van der Waals surface area contributed by atoms with E-state index < -0.39 is 10.0 Å². The first-order chi connectivity index (χ1) is 9.39. The summed E-state index contributed by atoms with van der Waals surface area (Å²) < 4.78 is 26.7. The minimum atomic E-state index is -3.50. The molecule has 0 amide bonds. The van der Waals surface area contributed by atoms with Crippen molar-refractivity contribution in [2.45, 2.75) is 19.8 Å². The van der Waals surface area contributed by atoms with Crippen molar-refractivity contribution >= 4 is 21.5 Å². The highest BCUT2D eigenvalue weighted by Gasteiger charge is 2.19. The zero-order valence-corrected chi connectivity index (χ0v) is 12.2. The number of benzene rings is 1. The van der Waals surface area contributed by atoms with Crippen molar-refractivity contribution in [2.75, 3.05) is 16.2 Å². The number of sulfonamides is 1. The van der Waals surface area contributed by atoms with Crippen LogP contribution in [0.15, 0.2) is 30.3 Å². The fraction of sp³-hybridized carbons (Fsp3) is 0.308. The van der Waals surface area contributed by atoms with Gasteiger partial charge in [-0.2, -0.15) is 5.10 Å². The number of nitrogen functional groups attached to an aromatic ring is 1. The Morgan fingerprint density at radius 1 is 1.35 bits per heavy atom. The molecular formula is C13H18N4O2S. The number of aromatic amines is 1. The average molecular weight is 294 g/mol. The maximum atomic E-state index is 12.1. The minimum absolute atomic E-state index is 0.0254. The summed E-state index contributed by atoms with van der Waals surface area (Å²) in [5.41, 5.74) is 7.67. The molecule has 2 rings (SSSR count). The first kappa shape index (κ1) is 14.4. The smallest absolute Gasteiger partial charge is 0.234 e. The Bertz CT molecular complexity index is 680. The van der Waals surface area contributed by atoms with Gasteiger partial charge in [-0.25, -0.2) is 8.42 Å². The van der Waals surface area contributed by atoms with E-state index in [1.165, 1.54) is 0 Å². The largest absolute Gasteiger partial charge is 0.394 e. The van der Waals surface area contributed by atoms with Crippen molar-refractivity contribution in [3.05, 3.63) is 41.6 Å². The van der Waals surface area contributed by atoms with Crippen LogP contribution in [0.5, 0.6) is 0 Å². The number of nitrogens with zero attached hydrogens (tertiary/aromatic N) is 1. The second kappa shape index (κ2) is 5.54. The van der Waals surface area contributed by atoms with Crippen molar-refractivity contribution < 1.29 is 8.42 Å². The van der Waals surface area contributed by atoms with Crippen molar-refractivity contribution in [2.24, 2.45) is 0 Å². The van der Waals surface area contributed by atoms with Crippen LogP contribution in [-0.2, 0) is 10.0 Å². The van der Waals surface area contributed by atoms with Gasteiger partial charge in [-0.3, -0.25) is 9.82 Å². The molecule has 0 bridgehead atoms. The second-order valence-corrected chi connectivity index (χ2v) is 6.57. The monoisotopic (exact) mass is 294 g/mol. The number of nitrogens with two attached hydrogens (primary N) is 1. The van der Waals surface area contributed by atoms with E-state index in [4.69, 9.17) is 5.73 Å². The van der Waals surface area contributed by atoms with E-state index in [1.54, 1.807) is 6.92 Å². The minimum Gasteiger partial charge on any atom is -0.394 e. The number of anilines is 2. The summed E-state index contributed by atoms with van der Waals surface area (Å²) in [5, 5.41) is 6.48. The third-order valence-corrected chi connectivity index (χ3v) is 4.53. The fourth-order valence-electron chi connectivity index (χ4n) is 1.91. The quantitative estimate of drug-likeness (QED) is 0.783. The van der Waals surface area contributed by atoms with Crippen molar-refractivity contribution in [3.63, 3.8) is 0 Å². The molecule has 2 aromatic rings. The predicted octanol–water partition coefficient (Wildman–Crippen LogP) is 1.85. The van der Waals surface area contributed by atoms with Crippen molar-refractivity contribution in [1.29, 1.82) is 0 Å². The van der Waals surface area contributed by atoms with Gasteiger partial charge in [-0.05, 0) is 18.4 Å². The maximum absolute atomic E-state index is 12.1. The first-order valence-corrected chi connectivity index (χ1v) is 7.90. The van der Waals surface area contributed by atoms with Gasteiger partial charge in [-0.15, -0.1) is 0 Å². The van der Waals surface area contributed by atoms with Crippen LogP contribution in [0.3, 0.4) is 0 Å². The Morgan fingerprint density at radius 3 is 2.55 bits per heavy atom. The van der Waals surface area contributed by atoms with E-state index in [9.17, 15) is 8.42 Å². The van der Waals surface area contributed by atoms with Crippen LogP contribution in [0, 0.1) is 6.92 Å². The number of aromatic nitrogens is 2. The molecule has 1 aromatic heterocycles.